The number of hydrogen-bond donors (Lipinski definition) is 0. The number of carbonyl (C=O) groups excluding carboxylic acids is 2. The lowest BCUT2D eigenvalue weighted by molar-refractivity contribution is -0.280. The molecule has 5 bridgehead atoms. The van der Waals surface area contributed by atoms with E-state index in [0.717, 1.165) is 0 Å². The quantitative estimate of drug-likeness (QED) is 0.381. The van der Waals surface area contributed by atoms with E-state index in [2.05, 4.69) is 41.5 Å². The van der Waals surface area contributed by atoms with Crippen LogP contribution in [0.25, 0.3) is 0 Å². The van der Waals surface area contributed by atoms with Crippen LogP contribution in [-0.4, -0.2) is 61.3 Å². The molecule has 0 radical (unpaired) electrons. The van der Waals surface area contributed by atoms with Gasteiger partial charge in [0.25, 0.3) is 0 Å². The van der Waals surface area contributed by atoms with Gasteiger partial charge in [-0.15, -0.1) is 11.8 Å². The summed E-state index contributed by atoms with van der Waals surface area (Å²) in [6, 6.07) is 0. The van der Waals surface area contributed by atoms with Crippen LogP contribution in [0, 0.1) is 0 Å². The molecule has 0 aliphatic carbocycles. The van der Waals surface area contributed by atoms with E-state index in [9.17, 15) is 9.59 Å². The fourth-order valence-electron chi connectivity index (χ4n) is 5.15. The highest BCUT2D eigenvalue weighted by Gasteiger charge is 2.76. The third-order valence-corrected chi connectivity index (χ3v) is 13.0. The van der Waals surface area contributed by atoms with E-state index >= 15 is 0 Å². The summed E-state index contributed by atoms with van der Waals surface area (Å²) in [6.45, 7) is 14.4. The molecule has 4 aliphatic heterocycles. The Morgan fingerprint density at radius 3 is 2.19 bits per heavy atom. The standard InChI is InChI=1S/C18H28O6SSi/c1-9(19)18-14-13-12(22-15(18)20)11(10(21-14)8-25-18)23-26(24-13,16(2,3)4)17(5,6)7/h10-14H,8H2,1-7H3/t10-,11-,12+,13-,14-,18-/m1/s1. The molecule has 0 N–H and O–H groups in total. The minimum Gasteiger partial charge on any atom is -0.455 e. The molecule has 0 amide bonds. The molecule has 0 unspecified atom stereocenters. The minimum atomic E-state index is -2.77. The smallest absolute Gasteiger partial charge is 0.350 e. The summed E-state index contributed by atoms with van der Waals surface area (Å²) in [7, 11) is -2.77. The van der Waals surface area contributed by atoms with Gasteiger partial charge < -0.3 is 18.3 Å². The SMILES string of the molecule is CC(=O)[C@@]12SC[C@H]3O[C@@H]1[C@@H]1O[Si](C(C)(C)C)(C(C)(C)C)O[C@H]3[C@@H]1OC2=O. The molecule has 6 atom stereocenters. The molecule has 0 spiro atoms. The predicted octanol–water partition coefficient (Wildman–Crippen LogP) is 2.58. The fourth-order valence-corrected chi connectivity index (χ4v) is 11.6. The van der Waals surface area contributed by atoms with Crippen molar-refractivity contribution in [3.63, 3.8) is 0 Å². The van der Waals surface area contributed by atoms with Crippen LogP contribution in [0.2, 0.25) is 10.1 Å². The van der Waals surface area contributed by atoms with E-state index in [-0.39, 0.29) is 28.1 Å². The Bertz CT molecular complexity index is 654. The lowest BCUT2D eigenvalue weighted by atomic mass is 9.82. The topological polar surface area (TPSA) is 71.1 Å². The summed E-state index contributed by atoms with van der Waals surface area (Å²) >= 11 is 1.34. The molecular formula is C18H28O6SSi. The molecule has 4 rings (SSSR count). The van der Waals surface area contributed by atoms with Crippen LogP contribution in [-0.2, 0) is 27.9 Å². The van der Waals surface area contributed by atoms with E-state index < -0.39 is 37.6 Å². The third kappa shape index (κ3) is 2.11. The van der Waals surface area contributed by atoms with Gasteiger partial charge in [-0.2, -0.15) is 0 Å². The molecule has 8 heteroatoms. The van der Waals surface area contributed by atoms with Crippen molar-refractivity contribution in [2.45, 2.75) is 93.8 Å². The van der Waals surface area contributed by atoms with Crippen molar-refractivity contribution in [2.75, 3.05) is 5.75 Å². The van der Waals surface area contributed by atoms with E-state index in [1.165, 1.54) is 18.7 Å². The molecule has 6 nitrogen and oxygen atoms in total. The Morgan fingerprint density at radius 1 is 1.08 bits per heavy atom. The van der Waals surface area contributed by atoms with Crippen molar-refractivity contribution in [1.82, 2.24) is 0 Å². The van der Waals surface area contributed by atoms with Crippen LogP contribution in [0.5, 0.6) is 0 Å². The van der Waals surface area contributed by atoms with Gasteiger partial charge in [0.1, 0.15) is 18.3 Å². The van der Waals surface area contributed by atoms with Gasteiger partial charge in [0.05, 0.1) is 6.10 Å². The van der Waals surface area contributed by atoms with Gasteiger partial charge in [0.2, 0.25) is 0 Å². The zero-order chi connectivity index (χ0) is 19.3. The number of Topliss-reactive ketones (excluding diaryl/α,β-unsaturated/α-hetero) is 1. The summed E-state index contributed by atoms with van der Waals surface area (Å²) in [5, 5.41) is -0.374. The number of fused-ring (bicyclic) bond motifs is 2. The Balaban J connectivity index is 1.85. The Kier molecular flexibility index (Phi) is 3.89. The number of ketones is 1. The largest absolute Gasteiger partial charge is 0.455 e. The number of rotatable bonds is 1. The summed E-state index contributed by atoms with van der Waals surface area (Å²) in [5.41, 5.74) is 0. The van der Waals surface area contributed by atoms with E-state index in [0.29, 0.717) is 5.75 Å². The molecule has 0 aromatic rings. The summed E-state index contributed by atoms with van der Waals surface area (Å²) in [4.78, 5) is 25.3. The van der Waals surface area contributed by atoms with Crippen molar-refractivity contribution in [3.8, 4) is 0 Å². The van der Waals surface area contributed by atoms with Crippen LogP contribution in [0.1, 0.15) is 48.5 Å². The van der Waals surface area contributed by atoms with E-state index in [4.69, 9.17) is 18.3 Å². The summed E-state index contributed by atoms with van der Waals surface area (Å²) < 4.78 is 24.2. The van der Waals surface area contributed by atoms with Crippen LogP contribution in [0.4, 0.5) is 0 Å². The van der Waals surface area contributed by atoms with Gasteiger partial charge in [-0.1, -0.05) is 41.5 Å². The first-order valence-electron chi connectivity index (χ1n) is 9.22. The van der Waals surface area contributed by atoms with Crippen LogP contribution < -0.4 is 0 Å². The zero-order valence-electron chi connectivity index (χ0n) is 16.5. The number of carbonyl (C=O) groups is 2. The minimum absolute atomic E-state index is 0.187. The van der Waals surface area contributed by atoms with Gasteiger partial charge in [0, 0.05) is 15.8 Å². The monoisotopic (exact) mass is 400 g/mol. The maximum atomic E-state index is 12.8. The fraction of sp³-hybridized carbons (Fsp3) is 0.889. The first-order valence-corrected chi connectivity index (χ1v) is 12.0. The van der Waals surface area contributed by atoms with Crippen molar-refractivity contribution < 1.29 is 27.9 Å². The van der Waals surface area contributed by atoms with Crippen LogP contribution in [0.15, 0.2) is 0 Å². The van der Waals surface area contributed by atoms with Crippen molar-refractivity contribution in [2.24, 2.45) is 0 Å². The number of esters is 1. The van der Waals surface area contributed by atoms with Gasteiger partial charge >= 0.3 is 14.5 Å². The van der Waals surface area contributed by atoms with Crippen LogP contribution in [0.3, 0.4) is 0 Å². The molecule has 0 aromatic heterocycles. The van der Waals surface area contributed by atoms with Crippen LogP contribution >= 0.6 is 11.8 Å². The van der Waals surface area contributed by atoms with E-state index in [1.54, 1.807) is 0 Å². The zero-order valence-corrected chi connectivity index (χ0v) is 18.3. The highest BCUT2D eigenvalue weighted by molar-refractivity contribution is 8.02. The first-order chi connectivity index (χ1) is 11.8. The van der Waals surface area contributed by atoms with Crippen molar-refractivity contribution >= 4 is 32.1 Å². The summed E-state index contributed by atoms with van der Waals surface area (Å²) in [5.74, 6) is -0.170. The maximum Gasteiger partial charge on any atom is 0.350 e. The lowest BCUT2D eigenvalue weighted by Gasteiger charge is -2.65. The molecule has 4 aliphatic rings. The first kappa shape index (κ1) is 18.9. The average Bonchev–Trinajstić information content (AvgIpc) is 2.49. The highest BCUT2D eigenvalue weighted by Crippen LogP contribution is 2.60. The molecule has 4 saturated heterocycles. The second-order valence-electron chi connectivity index (χ2n) is 9.85. The van der Waals surface area contributed by atoms with Crippen molar-refractivity contribution in [1.29, 1.82) is 0 Å². The van der Waals surface area contributed by atoms with E-state index in [1.807, 2.05) is 0 Å². The Hall–Kier alpha value is -0.413. The predicted molar refractivity (Wildman–Crippen MR) is 99.3 cm³/mol. The third-order valence-electron chi connectivity index (χ3n) is 6.16. The Labute approximate surface area is 159 Å². The molecule has 0 aromatic carbocycles. The number of hydrogen-bond acceptors (Lipinski definition) is 7. The van der Waals surface area contributed by atoms with Gasteiger partial charge in [-0.25, -0.2) is 4.79 Å². The summed E-state index contributed by atoms with van der Waals surface area (Å²) in [6.07, 6.45) is -2.08. The molecule has 4 heterocycles. The van der Waals surface area contributed by atoms with Gasteiger partial charge in [-0.05, 0) is 6.92 Å². The molecular weight excluding hydrogens is 372 g/mol. The molecule has 26 heavy (non-hydrogen) atoms. The second kappa shape index (κ2) is 5.35. The molecule has 4 fully saturated rings. The number of ether oxygens (including phenoxy) is 2. The highest BCUT2D eigenvalue weighted by atomic mass is 32.2. The lowest BCUT2D eigenvalue weighted by Crippen LogP contribution is -2.83. The van der Waals surface area contributed by atoms with Gasteiger partial charge in [0.15, 0.2) is 16.6 Å². The normalized spacial score (nSPS) is 43.8. The molecule has 146 valence electrons. The second-order valence-corrected chi connectivity index (χ2v) is 15.8. The maximum absolute atomic E-state index is 12.8. The average molecular weight is 401 g/mol. The number of thioether (sulfide) groups is 1. The van der Waals surface area contributed by atoms with Crippen molar-refractivity contribution in [3.05, 3.63) is 0 Å². The molecule has 0 saturated carbocycles. The van der Waals surface area contributed by atoms with Gasteiger partial charge in [-0.3, -0.25) is 4.79 Å². The Morgan fingerprint density at radius 2 is 1.65 bits per heavy atom.